The highest BCUT2D eigenvalue weighted by atomic mass is 32.1. The van der Waals surface area contributed by atoms with E-state index in [0.29, 0.717) is 17.0 Å². The van der Waals surface area contributed by atoms with Crippen LogP contribution in [0.3, 0.4) is 0 Å². The Morgan fingerprint density at radius 2 is 2.08 bits per heavy atom. The molecule has 0 amide bonds. The molecule has 2 atom stereocenters. The van der Waals surface area contributed by atoms with Crippen molar-refractivity contribution < 1.29 is 14.7 Å². The lowest BCUT2D eigenvalue weighted by Gasteiger charge is -2.14. The third-order valence-corrected chi connectivity index (χ3v) is 2.31. The second-order valence-corrected chi connectivity index (χ2v) is 3.30. The van der Waals surface area contributed by atoms with Crippen LogP contribution in [0.2, 0.25) is 0 Å². The van der Waals surface area contributed by atoms with Crippen molar-refractivity contribution in [3.05, 3.63) is 17.0 Å². The Bertz CT molecular complexity index is 267. The van der Waals surface area contributed by atoms with E-state index in [4.69, 9.17) is 4.52 Å². The maximum atomic E-state index is 9.64. The molecule has 1 aromatic rings. The molecule has 1 aromatic heterocycles. The van der Waals surface area contributed by atoms with Crippen molar-refractivity contribution in [1.82, 2.24) is 5.16 Å². The topological polar surface area (TPSA) is 66.5 Å². The average Bonchev–Trinajstić information content (AvgIpc) is 2.44. The van der Waals surface area contributed by atoms with Crippen molar-refractivity contribution in [2.24, 2.45) is 0 Å². The molecule has 2 N–H and O–H groups in total. The summed E-state index contributed by atoms with van der Waals surface area (Å²) in [6.45, 7) is 3.42. The van der Waals surface area contributed by atoms with Crippen LogP contribution in [0.1, 0.15) is 23.1 Å². The van der Waals surface area contributed by atoms with E-state index in [9.17, 15) is 10.2 Å². The van der Waals surface area contributed by atoms with Crippen LogP contribution in [0, 0.1) is 13.8 Å². The van der Waals surface area contributed by atoms with Gasteiger partial charge in [-0.15, -0.1) is 0 Å². The fourth-order valence-electron chi connectivity index (χ4n) is 1.20. The van der Waals surface area contributed by atoms with E-state index in [2.05, 4.69) is 17.8 Å². The van der Waals surface area contributed by atoms with Gasteiger partial charge >= 0.3 is 0 Å². The predicted octanol–water partition coefficient (Wildman–Crippen LogP) is 0.616. The van der Waals surface area contributed by atoms with E-state index in [0.717, 1.165) is 0 Å². The number of aryl methyl sites for hydroxylation is 2. The van der Waals surface area contributed by atoms with Crippen molar-refractivity contribution in [3.8, 4) is 0 Å². The van der Waals surface area contributed by atoms with Gasteiger partial charge in [-0.25, -0.2) is 0 Å². The second-order valence-electron chi connectivity index (χ2n) is 2.93. The summed E-state index contributed by atoms with van der Waals surface area (Å²) in [7, 11) is 0. The van der Waals surface area contributed by atoms with Crippen LogP contribution in [0.5, 0.6) is 0 Å². The first-order valence-electron chi connectivity index (χ1n) is 3.97. The Morgan fingerprint density at radius 1 is 1.46 bits per heavy atom. The summed E-state index contributed by atoms with van der Waals surface area (Å²) in [6.07, 6.45) is -1.86. The molecule has 0 fully saturated rings. The molecule has 0 aliphatic rings. The van der Waals surface area contributed by atoms with Gasteiger partial charge in [0.05, 0.1) is 11.8 Å². The Hall–Kier alpha value is -0.520. The van der Waals surface area contributed by atoms with Crippen LogP contribution in [-0.4, -0.2) is 27.2 Å². The highest BCUT2D eigenvalue weighted by Gasteiger charge is 2.23. The summed E-state index contributed by atoms with van der Waals surface area (Å²) in [5.74, 6) is 0.733. The summed E-state index contributed by atoms with van der Waals surface area (Å²) in [5, 5.41) is 22.7. The highest BCUT2D eigenvalue weighted by molar-refractivity contribution is 7.80. The van der Waals surface area contributed by atoms with Crippen LogP contribution in [0.25, 0.3) is 0 Å². The van der Waals surface area contributed by atoms with E-state index in [1.807, 2.05) is 0 Å². The molecule has 0 radical (unpaired) electrons. The molecule has 2 unspecified atom stereocenters. The lowest BCUT2D eigenvalue weighted by atomic mass is 10.0. The number of hydrogen-bond donors (Lipinski definition) is 3. The highest BCUT2D eigenvalue weighted by Crippen LogP contribution is 2.24. The molecule has 0 aliphatic carbocycles. The van der Waals surface area contributed by atoms with Gasteiger partial charge in [-0.3, -0.25) is 0 Å². The van der Waals surface area contributed by atoms with E-state index < -0.39 is 12.2 Å². The monoisotopic (exact) mass is 203 g/mol. The quantitative estimate of drug-likeness (QED) is 0.630. The summed E-state index contributed by atoms with van der Waals surface area (Å²) in [6, 6.07) is 0. The van der Waals surface area contributed by atoms with Crippen LogP contribution in [0.4, 0.5) is 0 Å². The first-order chi connectivity index (χ1) is 6.07. The number of rotatable bonds is 3. The average molecular weight is 203 g/mol. The molecule has 1 heterocycles. The molecular weight excluding hydrogens is 190 g/mol. The predicted molar refractivity (Wildman–Crippen MR) is 50.8 cm³/mol. The zero-order valence-corrected chi connectivity index (χ0v) is 8.45. The van der Waals surface area contributed by atoms with Gasteiger partial charge in [0.15, 0.2) is 0 Å². The van der Waals surface area contributed by atoms with Crippen molar-refractivity contribution in [2.45, 2.75) is 26.1 Å². The number of hydrogen-bond acceptors (Lipinski definition) is 5. The normalized spacial score (nSPS) is 15.8. The van der Waals surface area contributed by atoms with Crippen molar-refractivity contribution in [3.63, 3.8) is 0 Å². The molecule has 0 saturated carbocycles. The van der Waals surface area contributed by atoms with E-state index in [1.165, 1.54) is 0 Å². The molecular formula is C8H13NO3S. The molecule has 4 nitrogen and oxygen atoms in total. The third-order valence-electron chi connectivity index (χ3n) is 1.94. The number of aromatic nitrogens is 1. The van der Waals surface area contributed by atoms with Gasteiger partial charge in [0.1, 0.15) is 11.9 Å². The second kappa shape index (κ2) is 4.13. The van der Waals surface area contributed by atoms with Gasteiger partial charge in [0.2, 0.25) is 0 Å². The summed E-state index contributed by atoms with van der Waals surface area (Å²) < 4.78 is 4.87. The third kappa shape index (κ3) is 2.04. The van der Waals surface area contributed by atoms with Gasteiger partial charge in [-0.1, -0.05) is 5.16 Å². The fraction of sp³-hybridized carbons (Fsp3) is 0.625. The smallest absolute Gasteiger partial charge is 0.139 e. The van der Waals surface area contributed by atoms with Crippen LogP contribution in [0.15, 0.2) is 4.52 Å². The summed E-state index contributed by atoms with van der Waals surface area (Å²) in [5.41, 5.74) is 1.16. The SMILES string of the molecule is Cc1noc(C)c1C(O)C(O)CS. The molecule has 0 aromatic carbocycles. The minimum atomic E-state index is -0.969. The number of thiol groups is 1. The van der Waals surface area contributed by atoms with Gasteiger partial charge < -0.3 is 14.7 Å². The van der Waals surface area contributed by atoms with Gasteiger partial charge in [-0.2, -0.15) is 12.6 Å². The van der Waals surface area contributed by atoms with Gasteiger partial charge in [0, 0.05) is 11.3 Å². The lowest BCUT2D eigenvalue weighted by molar-refractivity contribution is 0.0325. The molecule has 5 heteroatoms. The number of aliphatic hydroxyl groups excluding tert-OH is 2. The fourth-order valence-corrected chi connectivity index (χ4v) is 1.40. The Kier molecular flexibility index (Phi) is 3.35. The maximum absolute atomic E-state index is 9.64. The molecule has 0 aliphatic heterocycles. The van der Waals surface area contributed by atoms with Crippen molar-refractivity contribution in [1.29, 1.82) is 0 Å². The van der Waals surface area contributed by atoms with Gasteiger partial charge in [0.25, 0.3) is 0 Å². The number of nitrogens with zero attached hydrogens (tertiary/aromatic N) is 1. The Morgan fingerprint density at radius 3 is 2.46 bits per heavy atom. The van der Waals surface area contributed by atoms with E-state index in [1.54, 1.807) is 13.8 Å². The molecule has 0 bridgehead atoms. The van der Waals surface area contributed by atoms with Crippen LogP contribution < -0.4 is 0 Å². The zero-order chi connectivity index (χ0) is 10.0. The van der Waals surface area contributed by atoms with Crippen LogP contribution >= 0.6 is 12.6 Å². The van der Waals surface area contributed by atoms with E-state index >= 15 is 0 Å². The first kappa shape index (κ1) is 10.6. The minimum absolute atomic E-state index is 0.200. The molecule has 0 saturated heterocycles. The molecule has 0 spiro atoms. The number of aliphatic hydroxyl groups is 2. The van der Waals surface area contributed by atoms with Gasteiger partial charge in [-0.05, 0) is 13.8 Å². The Balaban J connectivity index is 2.93. The van der Waals surface area contributed by atoms with Crippen LogP contribution in [-0.2, 0) is 0 Å². The van der Waals surface area contributed by atoms with Crippen molar-refractivity contribution in [2.75, 3.05) is 5.75 Å². The largest absolute Gasteiger partial charge is 0.389 e. The zero-order valence-electron chi connectivity index (χ0n) is 7.56. The standard InChI is InChI=1S/C8H13NO3S/c1-4-7(5(2)12-9-4)8(11)6(10)3-13/h6,8,10-11,13H,3H2,1-2H3. The minimum Gasteiger partial charge on any atom is -0.389 e. The summed E-state index contributed by atoms with van der Waals surface area (Å²) >= 11 is 3.89. The van der Waals surface area contributed by atoms with Crippen molar-refractivity contribution >= 4 is 12.6 Å². The molecule has 74 valence electrons. The molecule has 1 rings (SSSR count). The lowest BCUT2D eigenvalue weighted by Crippen LogP contribution is -2.20. The molecule has 13 heavy (non-hydrogen) atoms. The maximum Gasteiger partial charge on any atom is 0.139 e. The summed E-state index contributed by atoms with van der Waals surface area (Å²) in [4.78, 5) is 0. The van der Waals surface area contributed by atoms with E-state index in [-0.39, 0.29) is 5.75 Å². The first-order valence-corrected chi connectivity index (χ1v) is 4.61. The Labute approximate surface area is 82.0 Å².